The highest BCUT2D eigenvalue weighted by atomic mass is 16.4. The largest absolute Gasteiger partial charge is 0.480 e. The SMILES string of the molecule is O=C(O)[C@H]1CCCCN1C(=O)c1cccc(CN2C(=O)c3ccccc3C2=O)c1. The van der Waals surface area contributed by atoms with Crippen molar-refractivity contribution in [3.8, 4) is 0 Å². The first-order valence-electron chi connectivity index (χ1n) is 9.55. The van der Waals surface area contributed by atoms with E-state index in [-0.39, 0.29) is 24.3 Å². The predicted molar refractivity (Wildman–Crippen MR) is 103 cm³/mol. The number of fused-ring (bicyclic) bond motifs is 1. The Morgan fingerprint density at radius 2 is 1.66 bits per heavy atom. The lowest BCUT2D eigenvalue weighted by Crippen LogP contribution is -2.48. The Bertz CT molecular complexity index is 981. The summed E-state index contributed by atoms with van der Waals surface area (Å²) in [4.78, 5) is 52.1. The van der Waals surface area contributed by atoms with Crippen LogP contribution in [0.15, 0.2) is 48.5 Å². The summed E-state index contributed by atoms with van der Waals surface area (Å²) >= 11 is 0. The first-order valence-corrected chi connectivity index (χ1v) is 9.55. The average Bonchev–Trinajstić information content (AvgIpc) is 2.98. The van der Waals surface area contributed by atoms with Crippen LogP contribution in [-0.2, 0) is 11.3 Å². The second-order valence-corrected chi connectivity index (χ2v) is 7.29. The van der Waals surface area contributed by atoms with E-state index in [1.807, 2.05) is 0 Å². The van der Waals surface area contributed by atoms with Crippen LogP contribution in [0.5, 0.6) is 0 Å². The number of piperidine rings is 1. The highest BCUT2D eigenvalue weighted by Crippen LogP contribution is 2.25. The number of likely N-dealkylation sites (tertiary alicyclic amines) is 1. The molecule has 1 fully saturated rings. The molecule has 29 heavy (non-hydrogen) atoms. The summed E-state index contributed by atoms with van der Waals surface area (Å²) < 4.78 is 0. The fraction of sp³-hybridized carbons (Fsp3) is 0.273. The molecule has 2 aliphatic heterocycles. The minimum absolute atomic E-state index is 0.0514. The third-order valence-corrected chi connectivity index (χ3v) is 5.44. The second-order valence-electron chi connectivity index (χ2n) is 7.29. The third-order valence-electron chi connectivity index (χ3n) is 5.44. The van der Waals surface area contributed by atoms with Crippen LogP contribution in [0.1, 0.15) is 55.9 Å². The van der Waals surface area contributed by atoms with E-state index in [9.17, 15) is 24.3 Å². The standard InChI is InChI=1S/C22H20N2O5/c25-19(23-11-4-3-10-18(23)22(28)29)15-7-5-6-14(12-15)13-24-20(26)16-8-1-2-9-17(16)21(24)27/h1-2,5-9,12,18H,3-4,10-11,13H2,(H,28,29)/t18-/m1/s1. The van der Waals surface area contributed by atoms with Gasteiger partial charge in [0.05, 0.1) is 17.7 Å². The Morgan fingerprint density at radius 1 is 0.966 bits per heavy atom. The molecule has 2 heterocycles. The van der Waals surface area contributed by atoms with Crippen LogP contribution in [0.4, 0.5) is 0 Å². The van der Waals surface area contributed by atoms with Gasteiger partial charge in [-0.3, -0.25) is 19.3 Å². The Morgan fingerprint density at radius 3 is 2.31 bits per heavy atom. The molecule has 0 aliphatic carbocycles. The molecule has 7 heteroatoms. The molecule has 0 unspecified atom stereocenters. The highest BCUT2D eigenvalue weighted by Gasteiger charge is 2.35. The maximum absolute atomic E-state index is 12.9. The fourth-order valence-electron chi connectivity index (χ4n) is 3.97. The van der Waals surface area contributed by atoms with Crippen molar-refractivity contribution in [1.82, 2.24) is 9.80 Å². The molecule has 1 N–H and O–H groups in total. The minimum atomic E-state index is -1.000. The molecule has 4 rings (SSSR count). The number of nitrogens with zero attached hydrogens (tertiary/aromatic N) is 2. The van der Waals surface area contributed by atoms with E-state index in [4.69, 9.17) is 0 Å². The number of imide groups is 1. The van der Waals surface area contributed by atoms with Gasteiger partial charge < -0.3 is 10.0 Å². The lowest BCUT2D eigenvalue weighted by atomic mass is 10.0. The van der Waals surface area contributed by atoms with Gasteiger partial charge in [-0.2, -0.15) is 0 Å². The number of aliphatic carboxylic acids is 1. The number of hydrogen-bond donors (Lipinski definition) is 1. The van der Waals surface area contributed by atoms with Crippen molar-refractivity contribution in [1.29, 1.82) is 0 Å². The molecule has 0 aromatic heterocycles. The van der Waals surface area contributed by atoms with Crippen molar-refractivity contribution < 1.29 is 24.3 Å². The van der Waals surface area contributed by atoms with Crippen molar-refractivity contribution in [2.45, 2.75) is 31.8 Å². The summed E-state index contributed by atoms with van der Waals surface area (Å²) in [7, 11) is 0. The zero-order chi connectivity index (χ0) is 20.5. The zero-order valence-electron chi connectivity index (χ0n) is 15.7. The molecule has 0 radical (unpaired) electrons. The van der Waals surface area contributed by atoms with Crippen LogP contribution in [0.25, 0.3) is 0 Å². The molecule has 0 bridgehead atoms. The van der Waals surface area contributed by atoms with Gasteiger partial charge in [0.15, 0.2) is 0 Å². The summed E-state index contributed by atoms with van der Waals surface area (Å²) in [6, 6.07) is 12.5. The van der Waals surface area contributed by atoms with Crippen LogP contribution in [-0.4, -0.2) is 51.2 Å². The molecule has 0 spiro atoms. The minimum Gasteiger partial charge on any atom is -0.480 e. The van der Waals surface area contributed by atoms with Crippen molar-refractivity contribution >= 4 is 23.7 Å². The van der Waals surface area contributed by atoms with Gasteiger partial charge in [0, 0.05) is 12.1 Å². The fourth-order valence-corrected chi connectivity index (χ4v) is 3.97. The van der Waals surface area contributed by atoms with Crippen molar-refractivity contribution in [2.24, 2.45) is 0 Å². The number of carboxylic acid groups (broad SMARTS) is 1. The van der Waals surface area contributed by atoms with E-state index < -0.39 is 12.0 Å². The molecule has 2 aliphatic rings. The first-order chi connectivity index (χ1) is 14.0. The van der Waals surface area contributed by atoms with E-state index in [1.165, 1.54) is 4.90 Å². The summed E-state index contributed by atoms with van der Waals surface area (Å²) in [5.41, 5.74) is 1.74. The van der Waals surface area contributed by atoms with Crippen molar-refractivity contribution in [2.75, 3.05) is 6.54 Å². The molecule has 2 aromatic carbocycles. The molecule has 3 amide bonds. The summed E-state index contributed by atoms with van der Waals surface area (Å²) in [5, 5.41) is 9.42. The summed E-state index contributed by atoms with van der Waals surface area (Å²) in [6.45, 7) is 0.453. The van der Waals surface area contributed by atoms with Gasteiger partial charge in [-0.15, -0.1) is 0 Å². The molecule has 148 valence electrons. The van der Waals surface area contributed by atoms with Crippen LogP contribution in [0.2, 0.25) is 0 Å². The molecule has 1 atom stereocenters. The van der Waals surface area contributed by atoms with E-state index in [1.54, 1.807) is 48.5 Å². The van der Waals surface area contributed by atoms with Crippen LogP contribution in [0.3, 0.4) is 0 Å². The van der Waals surface area contributed by atoms with Crippen LogP contribution >= 0.6 is 0 Å². The molecule has 1 saturated heterocycles. The average molecular weight is 392 g/mol. The molecular weight excluding hydrogens is 372 g/mol. The Hall–Kier alpha value is -3.48. The van der Waals surface area contributed by atoms with Gasteiger partial charge in [0.1, 0.15) is 6.04 Å². The van der Waals surface area contributed by atoms with Crippen LogP contribution < -0.4 is 0 Å². The molecule has 0 saturated carbocycles. The number of carbonyl (C=O) groups excluding carboxylic acids is 3. The van der Waals surface area contributed by atoms with Crippen LogP contribution in [0, 0.1) is 0 Å². The number of amides is 3. The monoisotopic (exact) mass is 392 g/mol. The van der Waals surface area contributed by atoms with Gasteiger partial charge in [0.25, 0.3) is 17.7 Å². The molecule has 7 nitrogen and oxygen atoms in total. The Kier molecular flexibility index (Phi) is 4.88. The Labute approximate surface area is 167 Å². The molecular formula is C22H20N2O5. The third kappa shape index (κ3) is 3.40. The maximum Gasteiger partial charge on any atom is 0.326 e. The van der Waals surface area contributed by atoms with E-state index in [0.29, 0.717) is 35.2 Å². The first kappa shape index (κ1) is 18.9. The predicted octanol–water partition coefficient (Wildman–Crippen LogP) is 2.56. The van der Waals surface area contributed by atoms with E-state index in [2.05, 4.69) is 0 Å². The van der Waals surface area contributed by atoms with Gasteiger partial charge in [-0.05, 0) is 49.1 Å². The number of benzene rings is 2. The quantitative estimate of drug-likeness (QED) is 0.807. The van der Waals surface area contributed by atoms with E-state index in [0.717, 1.165) is 17.7 Å². The van der Waals surface area contributed by atoms with Gasteiger partial charge in [-0.25, -0.2) is 4.79 Å². The van der Waals surface area contributed by atoms with E-state index >= 15 is 0 Å². The number of hydrogen-bond acceptors (Lipinski definition) is 4. The highest BCUT2D eigenvalue weighted by molar-refractivity contribution is 6.21. The van der Waals surface area contributed by atoms with Gasteiger partial charge in [0.2, 0.25) is 0 Å². The smallest absolute Gasteiger partial charge is 0.326 e. The molecule has 2 aromatic rings. The normalized spacial score (nSPS) is 18.7. The van der Waals surface area contributed by atoms with Gasteiger partial charge in [-0.1, -0.05) is 24.3 Å². The number of carboxylic acids is 1. The lowest BCUT2D eigenvalue weighted by Gasteiger charge is -2.33. The lowest BCUT2D eigenvalue weighted by molar-refractivity contribution is -0.143. The number of rotatable bonds is 4. The number of carbonyl (C=O) groups is 4. The second kappa shape index (κ2) is 7.50. The van der Waals surface area contributed by atoms with Gasteiger partial charge >= 0.3 is 5.97 Å². The topological polar surface area (TPSA) is 95.0 Å². The van der Waals surface area contributed by atoms with Crippen molar-refractivity contribution in [3.63, 3.8) is 0 Å². The summed E-state index contributed by atoms with van der Waals surface area (Å²) in [6.07, 6.45) is 1.99. The van der Waals surface area contributed by atoms with Crippen molar-refractivity contribution in [3.05, 3.63) is 70.8 Å². The Balaban J connectivity index is 1.55. The summed E-state index contributed by atoms with van der Waals surface area (Å²) in [5.74, 6) is -2.06. The maximum atomic E-state index is 12.9. The zero-order valence-corrected chi connectivity index (χ0v) is 15.7.